The average Bonchev–Trinajstić information content (AvgIpc) is 3.48. The summed E-state index contributed by atoms with van der Waals surface area (Å²) in [7, 11) is 0. The summed E-state index contributed by atoms with van der Waals surface area (Å²) in [4.78, 5) is 30.2. The second-order valence-electron chi connectivity index (χ2n) is 7.95. The Kier molecular flexibility index (Phi) is 8.97. The Morgan fingerprint density at radius 2 is 1.64 bits per heavy atom. The van der Waals surface area contributed by atoms with Crippen molar-refractivity contribution in [2.75, 3.05) is 18.1 Å². The highest BCUT2D eigenvalue weighted by atomic mass is 32.2. The second kappa shape index (κ2) is 12.6. The number of rotatable bonds is 9. The maximum absolute atomic E-state index is 11.8. The standard InChI is InChI=1S/C26H23N3O3S2.C2H6/c30-24-23(34-26(31)28-24)16-18-10-12-20(13-11-18)32-15-14-29(17-19-6-2-1-3-7-19)25-27-21-8-4-5-9-22(21)33-25;1-2/h1-13,23H,14-17H2,(H,28,30,31);1-2H3. The minimum atomic E-state index is -0.361. The molecule has 1 unspecified atom stereocenters. The van der Waals surface area contributed by atoms with Crippen molar-refractivity contribution < 1.29 is 14.3 Å². The van der Waals surface area contributed by atoms with E-state index in [2.05, 4.69) is 28.4 Å². The Bertz CT molecular complexity index is 1260. The number of hydrogen-bond acceptors (Lipinski definition) is 7. The number of carbonyl (C=O) groups excluding carboxylic acids is 2. The van der Waals surface area contributed by atoms with Gasteiger partial charge in [-0.25, -0.2) is 4.98 Å². The van der Waals surface area contributed by atoms with Gasteiger partial charge in [-0.15, -0.1) is 0 Å². The summed E-state index contributed by atoms with van der Waals surface area (Å²) in [6.45, 7) is 5.96. The topological polar surface area (TPSA) is 71.5 Å². The number of ether oxygens (including phenoxy) is 1. The molecule has 0 aliphatic carbocycles. The fourth-order valence-electron chi connectivity index (χ4n) is 3.78. The summed E-state index contributed by atoms with van der Waals surface area (Å²) in [5.41, 5.74) is 3.22. The van der Waals surface area contributed by atoms with Crippen LogP contribution in [0.3, 0.4) is 0 Å². The second-order valence-corrected chi connectivity index (χ2v) is 10.1. The fraction of sp³-hybridized carbons (Fsp3) is 0.250. The maximum Gasteiger partial charge on any atom is 0.286 e. The van der Waals surface area contributed by atoms with Crippen LogP contribution in [0.5, 0.6) is 5.75 Å². The number of thioether (sulfide) groups is 1. The largest absolute Gasteiger partial charge is 0.492 e. The summed E-state index contributed by atoms with van der Waals surface area (Å²) in [5.74, 6) is 0.552. The summed E-state index contributed by atoms with van der Waals surface area (Å²) < 4.78 is 7.20. The lowest BCUT2D eigenvalue weighted by Crippen LogP contribution is -2.27. The third kappa shape index (κ3) is 6.65. The number of nitrogens with one attached hydrogen (secondary N) is 1. The molecule has 8 heteroatoms. The lowest BCUT2D eigenvalue weighted by molar-refractivity contribution is -0.118. The highest BCUT2D eigenvalue weighted by Crippen LogP contribution is 2.29. The van der Waals surface area contributed by atoms with Gasteiger partial charge in [-0.2, -0.15) is 0 Å². The first-order valence-electron chi connectivity index (χ1n) is 12.0. The van der Waals surface area contributed by atoms with Gasteiger partial charge in [-0.1, -0.05) is 91.5 Å². The number of imide groups is 1. The Morgan fingerprint density at radius 1 is 0.917 bits per heavy atom. The molecule has 0 radical (unpaired) electrons. The number of fused-ring (bicyclic) bond motifs is 1. The van der Waals surface area contributed by atoms with Gasteiger partial charge >= 0.3 is 0 Å². The van der Waals surface area contributed by atoms with E-state index in [1.54, 1.807) is 11.3 Å². The molecule has 3 aromatic carbocycles. The van der Waals surface area contributed by atoms with E-state index in [1.807, 2.05) is 74.5 Å². The molecular formula is C28H29N3O3S2. The molecule has 0 spiro atoms. The number of hydrogen-bond donors (Lipinski definition) is 1. The highest BCUT2D eigenvalue weighted by Gasteiger charge is 2.31. The van der Waals surface area contributed by atoms with E-state index >= 15 is 0 Å². The van der Waals surface area contributed by atoms with E-state index in [1.165, 1.54) is 10.3 Å². The van der Waals surface area contributed by atoms with Crippen molar-refractivity contribution in [3.05, 3.63) is 90.0 Å². The molecule has 1 saturated heterocycles. The molecule has 6 nitrogen and oxygen atoms in total. The van der Waals surface area contributed by atoms with Crippen LogP contribution in [0.25, 0.3) is 10.2 Å². The zero-order chi connectivity index (χ0) is 25.3. The van der Waals surface area contributed by atoms with E-state index in [4.69, 9.17) is 9.72 Å². The van der Waals surface area contributed by atoms with Crippen LogP contribution in [0.15, 0.2) is 78.9 Å². The quantitative estimate of drug-likeness (QED) is 0.280. The van der Waals surface area contributed by atoms with Crippen molar-refractivity contribution in [1.82, 2.24) is 10.3 Å². The van der Waals surface area contributed by atoms with Crippen molar-refractivity contribution in [2.45, 2.75) is 32.1 Å². The summed E-state index contributed by atoms with van der Waals surface area (Å²) in [6.07, 6.45) is 0.519. The number of carbonyl (C=O) groups is 2. The van der Waals surface area contributed by atoms with Gasteiger partial charge in [0.05, 0.1) is 22.0 Å². The Morgan fingerprint density at radius 3 is 2.33 bits per heavy atom. The van der Waals surface area contributed by atoms with Gasteiger partial charge in [0, 0.05) is 6.54 Å². The molecule has 1 fully saturated rings. The molecule has 1 N–H and O–H groups in total. The van der Waals surface area contributed by atoms with Crippen molar-refractivity contribution in [3.63, 3.8) is 0 Å². The molecule has 4 aromatic rings. The number of para-hydroxylation sites is 1. The van der Waals surface area contributed by atoms with Gasteiger partial charge in [-0.3, -0.25) is 14.9 Å². The minimum Gasteiger partial charge on any atom is -0.492 e. The molecule has 1 aromatic heterocycles. The molecule has 186 valence electrons. The predicted molar refractivity (Wildman–Crippen MR) is 149 cm³/mol. The molecule has 0 saturated carbocycles. The molecule has 0 bridgehead atoms. The maximum atomic E-state index is 11.8. The van der Waals surface area contributed by atoms with Gasteiger partial charge in [0.25, 0.3) is 5.24 Å². The number of nitrogens with zero attached hydrogens (tertiary/aromatic N) is 2. The highest BCUT2D eigenvalue weighted by molar-refractivity contribution is 8.15. The minimum absolute atomic E-state index is 0.219. The predicted octanol–water partition coefficient (Wildman–Crippen LogP) is 6.30. The Hall–Kier alpha value is -3.36. The normalized spacial score (nSPS) is 14.8. The third-order valence-corrected chi connectivity index (χ3v) is 7.59. The van der Waals surface area contributed by atoms with Crippen molar-refractivity contribution >= 4 is 49.6 Å². The molecule has 1 atom stereocenters. The van der Waals surface area contributed by atoms with Gasteiger partial charge in [-0.05, 0) is 41.8 Å². The Labute approximate surface area is 219 Å². The third-order valence-electron chi connectivity index (χ3n) is 5.51. The number of anilines is 1. The number of amides is 2. The van der Waals surface area contributed by atoms with E-state index in [9.17, 15) is 9.59 Å². The fourth-order valence-corrected chi connectivity index (χ4v) is 5.63. The van der Waals surface area contributed by atoms with Crippen LogP contribution >= 0.6 is 23.1 Å². The lowest BCUT2D eigenvalue weighted by atomic mass is 10.1. The van der Waals surface area contributed by atoms with Crippen LogP contribution in [0.1, 0.15) is 25.0 Å². The van der Waals surface area contributed by atoms with Crippen molar-refractivity contribution in [1.29, 1.82) is 0 Å². The number of thiazole rings is 1. The molecule has 5 rings (SSSR count). The van der Waals surface area contributed by atoms with E-state index < -0.39 is 0 Å². The molecule has 2 heterocycles. The Balaban J connectivity index is 0.00000148. The number of benzene rings is 3. The van der Waals surface area contributed by atoms with Crippen LogP contribution in [-0.2, 0) is 17.8 Å². The molecule has 1 aliphatic heterocycles. The van der Waals surface area contributed by atoms with Gasteiger partial charge < -0.3 is 9.64 Å². The smallest absolute Gasteiger partial charge is 0.286 e. The first kappa shape index (κ1) is 25.7. The van der Waals surface area contributed by atoms with E-state index in [0.29, 0.717) is 19.6 Å². The average molecular weight is 520 g/mol. The SMILES string of the molecule is CC.O=C1NC(=O)C(Cc2ccc(OCCN(Cc3ccccc3)c3nc4ccccc4s3)cc2)S1. The zero-order valence-corrected chi connectivity index (χ0v) is 22.0. The van der Waals surface area contributed by atoms with Gasteiger partial charge in [0.15, 0.2) is 5.13 Å². The van der Waals surface area contributed by atoms with Crippen molar-refractivity contribution in [3.8, 4) is 5.75 Å². The van der Waals surface area contributed by atoms with Crippen LogP contribution in [0.2, 0.25) is 0 Å². The van der Waals surface area contributed by atoms with Crippen molar-refractivity contribution in [2.24, 2.45) is 0 Å². The lowest BCUT2D eigenvalue weighted by Gasteiger charge is -2.22. The zero-order valence-electron chi connectivity index (χ0n) is 20.3. The van der Waals surface area contributed by atoms with E-state index in [-0.39, 0.29) is 16.4 Å². The van der Waals surface area contributed by atoms with Crippen LogP contribution in [0, 0.1) is 0 Å². The summed E-state index contributed by atoms with van der Waals surface area (Å²) >= 11 is 2.74. The van der Waals surface area contributed by atoms with Gasteiger partial charge in [0.2, 0.25) is 5.91 Å². The van der Waals surface area contributed by atoms with Crippen LogP contribution in [-0.4, -0.2) is 34.5 Å². The molecule has 36 heavy (non-hydrogen) atoms. The van der Waals surface area contributed by atoms with Crippen LogP contribution < -0.4 is 15.0 Å². The first-order chi connectivity index (χ1) is 17.6. The summed E-state index contributed by atoms with van der Waals surface area (Å²) in [6, 6.07) is 26.3. The number of aromatic nitrogens is 1. The summed E-state index contributed by atoms with van der Waals surface area (Å²) in [5, 5.41) is 2.67. The molecular weight excluding hydrogens is 490 g/mol. The monoisotopic (exact) mass is 519 g/mol. The molecule has 2 amide bonds. The first-order valence-corrected chi connectivity index (χ1v) is 13.7. The van der Waals surface area contributed by atoms with E-state index in [0.717, 1.165) is 40.3 Å². The van der Waals surface area contributed by atoms with Crippen LogP contribution in [0.4, 0.5) is 9.93 Å². The molecule has 1 aliphatic rings. The van der Waals surface area contributed by atoms with Gasteiger partial charge in [0.1, 0.15) is 12.4 Å².